The second-order valence-corrected chi connectivity index (χ2v) is 6.64. The number of hydrogen-bond donors (Lipinski definition) is 1. The van der Waals surface area contributed by atoms with Gasteiger partial charge in [-0.25, -0.2) is 0 Å². The highest BCUT2D eigenvalue weighted by molar-refractivity contribution is 5.79. The Bertz CT molecular complexity index is 587. The van der Waals surface area contributed by atoms with E-state index in [0.29, 0.717) is 6.54 Å². The summed E-state index contributed by atoms with van der Waals surface area (Å²) in [5, 5.41) is 12.6. The van der Waals surface area contributed by atoms with Crippen LogP contribution < -0.4 is 10.1 Å². The van der Waals surface area contributed by atoms with Gasteiger partial charge in [-0.3, -0.25) is 9.69 Å². The number of carbonyl (C=O) groups excluding carboxylic acids is 1. The quantitative estimate of drug-likeness (QED) is 0.815. The molecular weight excluding hydrogens is 302 g/mol. The van der Waals surface area contributed by atoms with Crippen molar-refractivity contribution < 1.29 is 9.53 Å². The van der Waals surface area contributed by atoms with E-state index in [-0.39, 0.29) is 12.5 Å². The van der Waals surface area contributed by atoms with Gasteiger partial charge in [0, 0.05) is 12.1 Å². The van der Waals surface area contributed by atoms with Crippen LogP contribution in [0.3, 0.4) is 0 Å². The molecule has 0 aliphatic heterocycles. The summed E-state index contributed by atoms with van der Waals surface area (Å²) < 4.78 is 5.35. The van der Waals surface area contributed by atoms with Gasteiger partial charge in [-0.1, -0.05) is 43.9 Å². The number of ether oxygens (including phenoxy) is 1. The van der Waals surface area contributed by atoms with Crippen LogP contribution in [0.15, 0.2) is 24.3 Å². The zero-order chi connectivity index (χ0) is 17.4. The summed E-state index contributed by atoms with van der Waals surface area (Å²) >= 11 is 0. The smallest absolute Gasteiger partial charge is 0.235 e. The molecule has 5 nitrogen and oxygen atoms in total. The highest BCUT2D eigenvalue weighted by Crippen LogP contribution is 2.26. The number of nitrogens with one attached hydrogen (secondary N) is 1. The minimum absolute atomic E-state index is 0.0872. The van der Waals surface area contributed by atoms with Gasteiger partial charge in [0.15, 0.2) is 0 Å². The van der Waals surface area contributed by atoms with E-state index in [1.807, 2.05) is 36.2 Å². The highest BCUT2D eigenvalue weighted by Gasteiger charge is 2.32. The van der Waals surface area contributed by atoms with Gasteiger partial charge in [-0.2, -0.15) is 5.26 Å². The summed E-state index contributed by atoms with van der Waals surface area (Å²) in [6, 6.07) is 10.2. The fourth-order valence-electron chi connectivity index (χ4n) is 3.33. The molecule has 0 atom stereocenters. The average molecular weight is 329 g/mol. The number of nitrogens with zero attached hydrogens (tertiary/aromatic N) is 2. The van der Waals surface area contributed by atoms with Gasteiger partial charge in [0.05, 0.1) is 19.7 Å². The Morgan fingerprint density at radius 1 is 1.29 bits per heavy atom. The van der Waals surface area contributed by atoms with E-state index in [0.717, 1.165) is 49.8 Å². The molecular formula is C19H27N3O2. The van der Waals surface area contributed by atoms with Crippen molar-refractivity contribution in [1.82, 2.24) is 10.2 Å². The predicted molar refractivity (Wildman–Crippen MR) is 93.5 cm³/mol. The lowest BCUT2D eigenvalue weighted by atomic mass is 9.92. The molecule has 0 radical (unpaired) electrons. The lowest BCUT2D eigenvalue weighted by Crippen LogP contribution is -2.49. The van der Waals surface area contributed by atoms with Crippen molar-refractivity contribution in [2.45, 2.75) is 50.6 Å². The number of para-hydroxylation sites is 1. The largest absolute Gasteiger partial charge is 0.496 e. The third-order valence-electron chi connectivity index (χ3n) is 4.60. The third-order valence-corrected chi connectivity index (χ3v) is 4.60. The number of nitriles is 1. The number of benzene rings is 1. The Kier molecular flexibility index (Phi) is 6.62. The predicted octanol–water partition coefficient (Wildman–Crippen LogP) is 2.86. The van der Waals surface area contributed by atoms with Crippen molar-refractivity contribution in [1.29, 1.82) is 5.26 Å². The molecule has 0 heterocycles. The minimum Gasteiger partial charge on any atom is -0.496 e. The first-order valence-corrected chi connectivity index (χ1v) is 8.61. The number of likely N-dealkylation sites (N-methyl/N-ethyl adjacent to an activating group) is 1. The monoisotopic (exact) mass is 329 g/mol. The molecule has 1 aromatic carbocycles. The van der Waals surface area contributed by atoms with Crippen LogP contribution in [-0.2, 0) is 11.3 Å². The number of methoxy groups -OCH3 is 1. The summed E-state index contributed by atoms with van der Waals surface area (Å²) in [6.45, 7) is 0.887. The Morgan fingerprint density at radius 3 is 2.58 bits per heavy atom. The lowest BCUT2D eigenvalue weighted by molar-refractivity contribution is -0.123. The van der Waals surface area contributed by atoms with Gasteiger partial charge in [-0.05, 0) is 26.0 Å². The van der Waals surface area contributed by atoms with Crippen LogP contribution in [0.5, 0.6) is 5.75 Å². The van der Waals surface area contributed by atoms with Crippen molar-refractivity contribution in [2.24, 2.45) is 0 Å². The van der Waals surface area contributed by atoms with Crippen molar-refractivity contribution in [3.05, 3.63) is 29.8 Å². The molecule has 5 heteroatoms. The average Bonchev–Trinajstić information content (AvgIpc) is 2.81. The van der Waals surface area contributed by atoms with Crippen LogP contribution in [0, 0.1) is 11.3 Å². The van der Waals surface area contributed by atoms with Crippen LogP contribution in [0.25, 0.3) is 0 Å². The van der Waals surface area contributed by atoms with E-state index >= 15 is 0 Å². The molecule has 1 N–H and O–H groups in total. The highest BCUT2D eigenvalue weighted by atomic mass is 16.5. The third kappa shape index (κ3) is 4.97. The molecule has 1 aliphatic carbocycles. The maximum absolute atomic E-state index is 12.4. The normalized spacial score (nSPS) is 16.9. The van der Waals surface area contributed by atoms with E-state index < -0.39 is 5.54 Å². The van der Waals surface area contributed by atoms with Gasteiger partial charge in [0.25, 0.3) is 0 Å². The van der Waals surface area contributed by atoms with Crippen molar-refractivity contribution in [2.75, 3.05) is 20.7 Å². The summed E-state index contributed by atoms with van der Waals surface area (Å²) in [5.74, 6) is 0.734. The molecule has 0 saturated heterocycles. The van der Waals surface area contributed by atoms with E-state index in [2.05, 4.69) is 11.4 Å². The Balaban J connectivity index is 1.92. The Hall–Kier alpha value is -2.06. The number of carbonyl (C=O) groups is 1. The van der Waals surface area contributed by atoms with E-state index in [4.69, 9.17) is 4.74 Å². The second kappa shape index (κ2) is 8.70. The Morgan fingerprint density at radius 2 is 1.96 bits per heavy atom. The molecule has 1 amide bonds. The van der Waals surface area contributed by atoms with Crippen molar-refractivity contribution in [3.63, 3.8) is 0 Å². The van der Waals surface area contributed by atoms with Gasteiger partial charge in [0.2, 0.25) is 5.91 Å². The molecule has 1 fully saturated rings. The topological polar surface area (TPSA) is 65.4 Å². The molecule has 1 saturated carbocycles. The number of hydrogen-bond acceptors (Lipinski definition) is 4. The summed E-state index contributed by atoms with van der Waals surface area (Å²) in [4.78, 5) is 14.3. The molecule has 2 rings (SSSR count). The van der Waals surface area contributed by atoms with Crippen molar-refractivity contribution in [3.8, 4) is 11.8 Å². The van der Waals surface area contributed by atoms with Gasteiger partial charge >= 0.3 is 0 Å². The maximum atomic E-state index is 12.4. The SMILES string of the molecule is COc1ccccc1CN(C)CC(=O)NC1(C#N)CCCCCC1. The Labute approximate surface area is 144 Å². The zero-order valence-electron chi connectivity index (χ0n) is 14.7. The number of rotatable bonds is 6. The van der Waals surface area contributed by atoms with Crippen LogP contribution in [0.1, 0.15) is 44.1 Å². The zero-order valence-corrected chi connectivity index (χ0v) is 14.7. The van der Waals surface area contributed by atoms with Crippen LogP contribution in [0.4, 0.5) is 0 Å². The van der Waals surface area contributed by atoms with Crippen LogP contribution >= 0.6 is 0 Å². The number of amides is 1. The van der Waals surface area contributed by atoms with E-state index in [9.17, 15) is 10.1 Å². The van der Waals surface area contributed by atoms with Crippen molar-refractivity contribution >= 4 is 5.91 Å². The van der Waals surface area contributed by atoms with Gasteiger partial charge in [0.1, 0.15) is 11.3 Å². The molecule has 24 heavy (non-hydrogen) atoms. The fourth-order valence-corrected chi connectivity index (χ4v) is 3.33. The minimum atomic E-state index is -0.682. The molecule has 1 aliphatic rings. The first kappa shape index (κ1) is 18.3. The van der Waals surface area contributed by atoms with Crippen LogP contribution in [-0.4, -0.2) is 37.0 Å². The summed E-state index contributed by atoms with van der Waals surface area (Å²) in [5.41, 5.74) is 0.360. The molecule has 0 spiro atoms. The lowest BCUT2D eigenvalue weighted by Gasteiger charge is -2.27. The van der Waals surface area contributed by atoms with E-state index in [1.165, 1.54) is 0 Å². The molecule has 1 aromatic rings. The molecule has 0 unspecified atom stereocenters. The standard InChI is InChI=1S/C19H27N3O2/c1-22(13-16-9-5-6-10-17(16)24-2)14-18(23)21-19(15-20)11-7-3-4-8-12-19/h5-6,9-10H,3-4,7-8,11-14H2,1-2H3,(H,21,23). The van der Waals surface area contributed by atoms with Crippen LogP contribution in [0.2, 0.25) is 0 Å². The van der Waals surface area contributed by atoms with E-state index in [1.54, 1.807) is 7.11 Å². The molecule has 0 aromatic heterocycles. The molecule has 0 bridgehead atoms. The summed E-state index contributed by atoms with van der Waals surface area (Å²) in [7, 11) is 3.55. The van der Waals surface area contributed by atoms with Gasteiger partial charge in [-0.15, -0.1) is 0 Å². The maximum Gasteiger partial charge on any atom is 0.235 e. The second-order valence-electron chi connectivity index (χ2n) is 6.64. The van der Waals surface area contributed by atoms with Gasteiger partial charge < -0.3 is 10.1 Å². The fraction of sp³-hybridized carbons (Fsp3) is 0.579. The first-order chi connectivity index (χ1) is 11.6. The summed E-state index contributed by atoms with van der Waals surface area (Å²) in [6.07, 6.45) is 5.81. The first-order valence-electron chi connectivity index (χ1n) is 8.61. The molecule has 130 valence electrons.